The minimum absolute atomic E-state index is 0.281. The van der Waals surface area contributed by atoms with E-state index in [9.17, 15) is 9.18 Å². The second-order valence-corrected chi connectivity index (χ2v) is 4.21. The molecule has 0 fully saturated rings. The van der Waals surface area contributed by atoms with E-state index < -0.39 is 0 Å². The van der Waals surface area contributed by atoms with Gasteiger partial charge in [-0.05, 0) is 42.5 Å². The van der Waals surface area contributed by atoms with Crippen LogP contribution in [-0.2, 0) is 4.79 Å². The van der Waals surface area contributed by atoms with Gasteiger partial charge in [0.15, 0.2) is 0 Å². The van der Waals surface area contributed by atoms with Crippen LogP contribution in [0.3, 0.4) is 0 Å². The minimum atomic E-state index is -0.331. The van der Waals surface area contributed by atoms with E-state index in [1.54, 1.807) is 36.5 Å². The Kier molecular flexibility index (Phi) is 3.09. The van der Waals surface area contributed by atoms with Crippen molar-refractivity contribution in [3.8, 4) is 0 Å². The molecule has 1 aliphatic heterocycles. The van der Waals surface area contributed by atoms with E-state index in [2.05, 4.69) is 15.3 Å². The average molecular weight is 267 g/mol. The largest absolute Gasteiger partial charge is 0.305 e. The third-order valence-corrected chi connectivity index (χ3v) is 2.79. The number of pyridine rings is 1. The van der Waals surface area contributed by atoms with Crippen molar-refractivity contribution in [3.63, 3.8) is 0 Å². The molecule has 0 saturated carbocycles. The Bertz CT molecular complexity index is 706. The van der Waals surface area contributed by atoms with Crippen LogP contribution >= 0.6 is 0 Å². The highest BCUT2D eigenvalue weighted by molar-refractivity contribution is 6.19. The van der Waals surface area contributed by atoms with Crippen LogP contribution in [0, 0.1) is 5.82 Å². The van der Waals surface area contributed by atoms with Gasteiger partial charge in [0.2, 0.25) is 0 Å². The summed E-state index contributed by atoms with van der Waals surface area (Å²) in [6.07, 6.45) is 3.25. The van der Waals surface area contributed by atoms with Gasteiger partial charge in [-0.3, -0.25) is 9.78 Å². The zero-order chi connectivity index (χ0) is 13.9. The Hall–Kier alpha value is -2.82. The molecule has 5 heteroatoms. The molecule has 0 atom stereocenters. The average Bonchev–Trinajstić information content (AvgIpc) is 2.82. The van der Waals surface area contributed by atoms with Crippen LogP contribution in [0.25, 0.3) is 6.08 Å². The number of benzene rings is 1. The van der Waals surface area contributed by atoms with Crippen molar-refractivity contribution in [2.45, 2.75) is 0 Å². The zero-order valence-corrected chi connectivity index (χ0v) is 10.4. The van der Waals surface area contributed by atoms with E-state index in [0.717, 1.165) is 0 Å². The van der Waals surface area contributed by atoms with Gasteiger partial charge >= 0.3 is 0 Å². The highest BCUT2D eigenvalue weighted by Gasteiger charge is 2.21. The summed E-state index contributed by atoms with van der Waals surface area (Å²) in [5.41, 5.74) is 1.59. The van der Waals surface area contributed by atoms with Crippen LogP contribution < -0.4 is 5.32 Å². The lowest BCUT2D eigenvalue weighted by molar-refractivity contribution is -0.115. The molecule has 0 aliphatic carbocycles. The van der Waals surface area contributed by atoms with Crippen molar-refractivity contribution in [1.29, 1.82) is 0 Å². The SMILES string of the molecule is O=C1NC(c2ccc(F)cc2)=N/C1=C/c1ccccn1. The summed E-state index contributed by atoms with van der Waals surface area (Å²) in [6, 6.07) is 11.2. The van der Waals surface area contributed by atoms with Gasteiger partial charge < -0.3 is 5.32 Å². The van der Waals surface area contributed by atoms with Gasteiger partial charge in [0.25, 0.3) is 5.91 Å². The standard InChI is InChI=1S/C15H10FN3O/c16-11-6-4-10(5-7-11)14-18-13(15(20)19-14)9-12-3-1-2-8-17-12/h1-9H,(H,18,19,20)/b13-9+. The predicted octanol–water partition coefficient (Wildman–Crippen LogP) is 2.14. The topological polar surface area (TPSA) is 54.4 Å². The first-order valence-electron chi connectivity index (χ1n) is 6.01. The first kappa shape index (κ1) is 12.2. The van der Waals surface area contributed by atoms with E-state index in [-0.39, 0.29) is 17.4 Å². The molecule has 1 amide bonds. The molecule has 0 bridgehead atoms. The highest BCUT2D eigenvalue weighted by atomic mass is 19.1. The van der Waals surface area contributed by atoms with Gasteiger partial charge in [0, 0.05) is 11.8 Å². The number of aliphatic imine (C=N–C) groups is 1. The number of rotatable bonds is 2. The molecule has 1 aliphatic rings. The molecule has 2 aromatic rings. The van der Waals surface area contributed by atoms with Gasteiger partial charge in [-0.2, -0.15) is 0 Å². The van der Waals surface area contributed by atoms with Crippen molar-refractivity contribution in [3.05, 3.63) is 71.4 Å². The number of amidine groups is 1. The lowest BCUT2D eigenvalue weighted by atomic mass is 10.2. The maximum Gasteiger partial charge on any atom is 0.275 e. The number of carbonyl (C=O) groups excluding carboxylic acids is 1. The summed E-state index contributed by atoms with van der Waals surface area (Å²) in [6.45, 7) is 0. The number of hydrogen-bond donors (Lipinski definition) is 1. The van der Waals surface area contributed by atoms with Crippen molar-refractivity contribution in [2.75, 3.05) is 0 Å². The summed E-state index contributed by atoms with van der Waals surface area (Å²) < 4.78 is 12.9. The Morgan fingerprint density at radius 3 is 2.60 bits per heavy atom. The molecule has 0 unspecified atom stereocenters. The fourth-order valence-corrected chi connectivity index (χ4v) is 1.81. The maximum absolute atomic E-state index is 12.9. The van der Waals surface area contributed by atoms with Gasteiger partial charge in [-0.25, -0.2) is 9.38 Å². The highest BCUT2D eigenvalue weighted by Crippen LogP contribution is 2.14. The Morgan fingerprint density at radius 2 is 1.90 bits per heavy atom. The molecule has 98 valence electrons. The van der Waals surface area contributed by atoms with Crippen LogP contribution in [-0.4, -0.2) is 16.7 Å². The molecule has 0 saturated heterocycles. The number of aromatic nitrogens is 1. The molecule has 1 N–H and O–H groups in total. The molecular formula is C15H10FN3O. The van der Waals surface area contributed by atoms with Crippen LogP contribution in [0.4, 0.5) is 4.39 Å². The summed E-state index contributed by atoms with van der Waals surface area (Å²) in [4.78, 5) is 20.2. The fourth-order valence-electron chi connectivity index (χ4n) is 1.81. The van der Waals surface area contributed by atoms with E-state index in [4.69, 9.17) is 0 Å². The molecule has 2 heterocycles. The fraction of sp³-hybridized carbons (Fsp3) is 0. The van der Waals surface area contributed by atoms with Crippen LogP contribution in [0.2, 0.25) is 0 Å². The lowest BCUT2D eigenvalue weighted by Gasteiger charge is -1.99. The third-order valence-electron chi connectivity index (χ3n) is 2.79. The molecule has 1 aromatic carbocycles. The number of amides is 1. The first-order chi connectivity index (χ1) is 9.72. The summed E-state index contributed by atoms with van der Waals surface area (Å²) in [5, 5.41) is 2.65. The van der Waals surface area contributed by atoms with Gasteiger partial charge in [0.05, 0.1) is 5.69 Å². The van der Waals surface area contributed by atoms with Crippen molar-refractivity contribution in [1.82, 2.24) is 10.3 Å². The Morgan fingerprint density at radius 1 is 1.10 bits per heavy atom. The third kappa shape index (κ3) is 2.47. The molecule has 3 rings (SSSR count). The number of halogens is 1. The van der Waals surface area contributed by atoms with Gasteiger partial charge in [-0.15, -0.1) is 0 Å². The summed E-state index contributed by atoms with van der Waals surface area (Å²) >= 11 is 0. The molecule has 4 nitrogen and oxygen atoms in total. The molecule has 0 spiro atoms. The number of nitrogens with one attached hydrogen (secondary N) is 1. The van der Waals surface area contributed by atoms with E-state index in [1.807, 2.05) is 6.07 Å². The van der Waals surface area contributed by atoms with Crippen molar-refractivity contribution >= 4 is 17.8 Å². The van der Waals surface area contributed by atoms with Crippen LogP contribution in [0.1, 0.15) is 11.3 Å². The molecular weight excluding hydrogens is 257 g/mol. The van der Waals surface area contributed by atoms with Crippen LogP contribution in [0.15, 0.2) is 59.4 Å². The summed E-state index contributed by atoms with van der Waals surface area (Å²) in [5.74, 6) is -0.213. The zero-order valence-electron chi connectivity index (χ0n) is 10.4. The monoisotopic (exact) mass is 267 g/mol. The van der Waals surface area contributed by atoms with Gasteiger partial charge in [-0.1, -0.05) is 6.07 Å². The number of hydrogen-bond acceptors (Lipinski definition) is 3. The Balaban J connectivity index is 1.93. The van der Waals surface area contributed by atoms with Crippen molar-refractivity contribution in [2.24, 2.45) is 4.99 Å². The lowest BCUT2D eigenvalue weighted by Crippen LogP contribution is -2.24. The van der Waals surface area contributed by atoms with Gasteiger partial charge in [0.1, 0.15) is 17.3 Å². The summed E-state index contributed by atoms with van der Waals surface area (Å²) in [7, 11) is 0. The predicted molar refractivity (Wildman–Crippen MR) is 73.3 cm³/mol. The minimum Gasteiger partial charge on any atom is -0.305 e. The molecule has 0 radical (unpaired) electrons. The number of carbonyl (C=O) groups is 1. The molecule has 1 aromatic heterocycles. The maximum atomic E-state index is 12.9. The first-order valence-corrected chi connectivity index (χ1v) is 6.01. The second kappa shape index (κ2) is 5.05. The Labute approximate surface area is 114 Å². The molecule has 20 heavy (non-hydrogen) atoms. The van der Waals surface area contributed by atoms with E-state index in [0.29, 0.717) is 17.1 Å². The van der Waals surface area contributed by atoms with E-state index >= 15 is 0 Å². The quantitative estimate of drug-likeness (QED) is 0.847. The van der Waals surface area contributed by atoms with E-state index in [1.165, 1.54) is 12.1 Å². The van der Waals surface area contributed by atoms with Crippen molar-refractivity contribution < 1.29 is 9.18 Å². The smallest absolute Gasteiger partial charge is 0.275 e. The number of nitrogens with zero attached hydrogens (tertiary/aromatic N) is 2. The second-order valence-electron chi connectivity index (χ2n) is 4.21. The van der Waals surface area contributed by atoms with Crippen LogP contribution in [0.5, 0.6) is 0 Å². The normalized spacial score (nSPS) is 16.1.